The number of aromatic carboxylic acids is 1. The highest BCUT2D eigenvalue weighted by atomic mass is 32.2. The zero-order valence-electron chi connectivity index (χ0n) is 11.2. The number of carboxylic acids is 1. The summed E-state index contributed by atoms with van der Waals surface area (Å²) in [5, 5.41) is 11.6. The molecule has 2 aromatic carbocycles. The largest absolute Gasteiger partial charge is 0.478 e. The van der Waals surface area contributed by atoms with Gasteiger partial charge in [-0.05, 0) is 42.5 Å². The summed E-state index contributed by atoms with van der Waals surface area (Å²) in [5.74, 6) is -1.48. The van der Waals surface area contributed by atoms with Crippen molar-refractivity contribution in [2.75, 3.05) is 11.6 Å². The lowest BCUT2D eigenvalue weighted by atomic mass is 10.1. The molecule has 0 saturated carbocycles. The van der Waals surface area contributed by atoms with Gasteiger partial charge in [-0.2, -0.15) is 0 Å². The number of carbonyl (C=O) groups is 2. The van der Waals surface area contributed by atoms with Crippen molar-refractivity contribution >= 4 is 28.4 Å². The molecule has 0 aliphatic heterocycles. The van der Waals surface area contributed by atoms with Crippen LogP contribution in [0.15, 0.2) is 53.4 Å². The van der Waals surface area contributed by atoms with E-state index in [0.717, 1.165) is 0 Å². The molecule has 6 heteroatoms. The van der Waals surface area contributed by atoms with E-state index in [9.17, 15) is 13.8 Å². The van der Waals surface area contributed by atoms with E-state index >= 15 is 0 Å². The lowest BCUT2D eigenvalue weighted by molar-refractivity contribution is 0.0697. The summed E-state index contributed by atoms with van der Waals surface area (Å²) >= 11 is 0. The summed E-state index contributed by atoms with van der Waals surface area (Å²) in [6.45, 7) is 0. The summed E-state index contributed by atoms with van der Waals surface area (Å²) in [4.78, 5) is 23.6. The van der Waals surface area contributed by atoms with Crippen LogP contribution in [0.3, 0.4) is 0 Å². The fourth-order valence-corrected chi connectivity index (χ4v) is 2.25. The van der Waals surface area contributed by atoms with Gasteiger partial charge < -0.3 is 10.4 Å². The summed E-state index contributed by atoms with van der Waals surface area (Å²) in [5.41, 5.74) is 0.868. The van der Waals surface area contributed by atoms with Gasteiger partial charge in [-0.3, -0.25) is 9.00 Å². The number of hydrogen-bond donors (Lipinski definition) is 2. The fourth-order valence-electron chi connectivity index (χ4n) is 1.73. The van der Waals surface area contributed by atoms with Crippen LogP contribution >= 0.6 is 0 Å². The first-order chi connectivity index (χ1) is 9.97. The maximum Gasteiger partial charge on any atom is 0.335 e. The molecule has 1 amide bonds. The van der Waals surface area contributed by atoms with Gasteiger partial charge in [-0.1, -0.05) is 6.07 Å². The molecule has 0 spiro atoms. The molecule has 5 nitrogen and oxygen atoms in total. The van der Waals surface area contributed by atoms with Crippen LogP contribution in [0.25, 0.3) is 0 Å². The normalized spacial score (nSPS) is 11.7. The zero-order valence-corrected chi connectivity index (χ0v) is 12.0. The molecular weight excluding hydrogens is 290 g/mol. The molecule has 0 aliphatic rings. The van der Waals surface area contributed by atoms with Crippen molar-refractivity contribution in [3.8, 4) is 0 Å². The van der Waals surface area contributed by atoms with Gasteiger partial charge >= 0.3 is 5.97 Å². The standard InChI is InChI=1S/C15H13NO4S/c1-21(20)13-7-5-12(6-8-13)16-14(17)10-3-2-4-11(9-10)15(18)19/h2-9H,1H3,(H,16,17)(H,18,19). The van der Waals surface area contributed by atoms with Crippen molar-refractivity contribution in [2.24, 2.45) is 0 Å². The van der Waals surface area contributed by atoms with E-state index < -0.39 is 22.7 Å². The molecule has 0 radical (unpaired) electrons. The molecule has 1 unspecified atom stereocenters. The van der Waals surface area contributed by atoms with Crippen molar-refractivity contribution in [2.45, 2.75) is 4.90 Å². The van der Waals surface area contributed by atoms with Crippen LogP contribution in [-0.4, -0.2) is 27.4 Å². The van der Waals surface area contributed by atoms with Gasteiger partial charge in [-0.25, -0.2) is 4.79 Å². The second kappa shape index (κ2) is 6.32. The summed E-state index contributed by atoms with van der Waals surface area (Å²) in [7, 11) is -1.07. The number of rotatable bonds is 4. The average Bonchev–Trinajstić information content (AvgIpc) is 2.48. The molecule has 0 saturated heterocycles. The van der Waals surface area contributed by atoms with Crippen LogP contribution < -0.4 is 5.32 Å². The predicted octanol–water partition coefficient (Wildman–Crippen LogP) is 2.37. The van der Waals surface area contributed by atoms with Crippen LogP contribution in [0, 0.1) is 0 Å². The first-order valence-corrected chi connectivity index (χ1v) is 7.61. The van der Waals surface area contributed by atoms with Crippen LogP contribution in [-0.2, 0) is 10.8 Å². The molecular formula is C15H13NO4S. The summed E-state index contributed by atoms with van der Waals surface area (Å²) in [6.07, 6.45) is 1.57. The fraction of sp³-hybridized carbons (Fsp3) is 0.0667. The Bertz CT molecular complexity index is 710. The summed E-state index contributed by atoms with van der Waals surface area (Å²) < 4.78 is 11.3. The molecule has 0 aromatic heterocycles. The number of nitrogens with one attached hydrogen (secondary N) is 1. The lowest BCUT2D eigenvalue weighted by Crippen LogP contribution is -2.12. The van der Waals surface area contributed by atoms with E-state index in [0.29, 0.717) is 10.6 Å². The zero-order chi connectivity index (χ0) is 15.4. The van der Waals surface area contributed by atoms with E-state index in [-0.39, 0.29) is 11.1 Å². The molecule has 1 atom stereocenters. The van der Waals surface area contributed by atoms with Gasteiger partial charge in [0.25, 0.3) is 5.91 Å². The van der Waals surface area contributed by atoms with E-state index in [2.05, 4.69) is 5.32 Å². The number of anilines is 1. The van der Waals surface area contributed by atoms with E-state index in [1.54, 1.807) is 30.5 Å². The van der Waals surface area contributed by atoms with Crippen LogP contribution in [0.5, 0.6) is 0 Å². The molecule has 21 heavy (non-hydrogen) atoms. The van der Waals surface area contributed by atoms with Gasteiger partial charge in [0.2, 0.25) is 0 Å². The number of carbonyl (C=O) groups excluding carboxylic acids is 1. The average molecular weight is 303 g/mol. The Hall–Kier alpha value is -2.47. The summed E-state index contributed by atoms with van der Waals surface area (Å²) in [6, 6.07) is 12.4. The number of benzene rings is 2. The Morgan fingerprint density at radius 1 is 1.05 bits per heavy atom. The third-order valence-electron chi connectivity index (χ3n) is 2.82. The number of amides is 1. The highest BCUT2D eigenvalue weighted by Gasteiger charge is 2.10. The van der Waals surface area contributed by atoms with Crippen molar-refractivity contribution in [1.29, 1.82) is 0 Å². The molecule has 2 aromatic rings. The third kappa shape index (κ3) is 3.76. The maximum atomic E-state index is 12.0. The smallest absolute Gasteiger partial charge is 0.335 e. The highest BCUT2D eigenvalue weighted by Crippen LogP contribution is 2.14. The van der Waals surface area contributed by atoms with Crippen molar-refractivity contribution in [3.63, 3.8) is 0 Å². The van der Waals surface area contributed by atoms with Crippen LogP contribution in [0.1, 0.15) is 20.7 Å². The highest BCUT2D eigenvalue weighted by molar-refractivity contribution is 7.84. The van der Waals surface area contributed by atoms with Gasteiger partial charge in [0, 0.05) is 33.2 Å². The predicted molar refractivity (Wildman–Crippen MR) is 80.1 cm³/mol. The molecule has 2 rings (SSSR count). The Morgan fingerprint density at radius 2 is 1.67 bits per heavy atom. The lowest BCUT2D eigenvalue weighted by Gasteiger charge is -2.06. The van der Waals surface area contributed by atoms with Crippen molar-refractivity contribution < 1.29 is 18.9 Å². The monoisotopic (exact) mass is 303 g/mol. The Morgan fingerprint density at radius 3 is 2.24 bits per heavy atom. The van der Waals surface area contributed by atoms with Gasteiger partial charge in [0.05, 0.1) is 5.56 Å². The SMILES string of the molecule is CS(=O)c1ccc(NC(=O)c2cccc(C(=O)O)c2)cc1. The van der Waals surface area contributed by atoms with Crippen LogP contribution in [0.4, 0.5) is 5.69 Å². The van der Waals surface area contributed by atoms with Crippen molar-refractivity contribution in [1.82, 2.24) is 0 Å². The molecule has 2 N–H and O–H groups in total. The molecule has 0 fully saturated rings. The Balaban J connectivity index is 2.16. The van der Waals surface area contributed by atoms with E-state index in [1.165, 1.54) is 24.3 Å². The van der Waals surface area contributed by atoms with E-state index in [1.807, 2.05) is 0 Å². The van der Waals surface area contributed by atoms with Crippen LogP contribution in [0.2, 0.25) is 0 Å². The van der Waals surface area contributed by atoms with Gasteiger partial charge in [0.1, 0.15) is 0 Å². The number of carboxylic acid groups (broad SMARTS) is 1. The van der Waals surface area contributed by atoms with Gasteiger partial charge in [0.15, 0.2) is 0 Å². The number of hydrogen-bond acceptors (Lipinski definition) is 3. The quantitative estimate of drug-likeness (QED) is 0.908. The Kier molecular flexibility index (Phi) is 4.49. The third-order valence-corrected chi connectivity index (χ3v) is 3.75. The van der Waals surface area contributed by atoms with Gasteiger partial charge in [-0.15, -0.1) is 0 Å². The minimum absolute atomic E-state index is 0.0550. The minimum Gasteiger partial charge on any atom is -0.478 e. The van der Waals surface area contributed by atoms with E-state index in [4.69, 9.17) is 5.11 Å². The second-order valence-corrected chi connectivity index (χ2v) is 5.70. The minimum atomic E-state index is -1.08. The molecule has 0 heterocycles. The maximum absolute atomic E-state index is 12.0. The molecule has 0 aliphatic carbocycles. The first kappa shape index (κ1) is 14.9. The molecule has 108 valence electrons. The first-order valence-electron chi connectivity index (χ1n) is 6.05. The second-order valence-electron chi connectivity index (χ2n) is 4.32. The van der Waals surface area contributed by atoms with Crippen molar-refractivity contribution in [3.05, 3.63) is 59.7 Å². The topological polar surface area (TPSA) is 83.5 Å². The molecule has 0 bridgehead atoms. The Labute approximate surface area is 124 Å².